The highest BCUT2D eigenvalue weighted by Crippen LogP contribution is 2.22. The van der Waals surface area contributed by atoms with Crippen molar-refractivity contribution in [2.75, 3.05) is 25.0 Å². The molecule has 0 aliphatic carbocycles. The number of nitro benzene ring substituents is 1. The second-order valence-electron chi connectivity index (χ2n) is 4.71. The Balaban J connectivity index is 0.00000220. The van der Waals surface area contributed by atoms with Gasteiger partial charge < -0.3 is 16.0 Å². The number of amides is 1. The molecule has 0 bridgehead atoms. The van der Waals surface area contributed by atoms with E-state index in [1.807, 2.05) is 0 Å². The molecule has 1 aromatic carbocycles. The SMILES string of the molecule is Cl.O=C(CCNc1ccccc1[N+](=O)[O-])NC1CCNC1. The van der Waals surface area contributed by atoms with Gasteiger partial charge in [0.15, 0.2) is 0 Å². The molecule has 3 N–H and O–H groups in total. The largest absolute Gasteiger partial charge is 0.379 e. The van der Waals surface area contributed by atoms with Crippen molar-refractivity contribution in [2.24, 2.45) is 0 Å². The normalized spacial score (nSPS) is 16.9. The number of carbonyl (C=O) groups excluding carboxylic acids is 1. The van der Waals surface area contributed by atoms with Gasteiger partial charge in [0.1, 0.15) is 5.69 Å². The van der Waals surface area contributed by atoms with E-state index >= 15 is 0 Å². The maximum atomic E-state index is 11.7. The van der Waals surface area contributed by atoms with Crippen LogP contribution in [0.5, 0.6) is 0 Å². The lowest BCUT2D eigenvalue weighted by Crippen LogP contribution is -2.36. The minimum atomic E-state index is -0.438. The zero-order chi connectivity index (χ0) is 14.4. The summed E-state index contributed by atoms with van der Waals surface area (Å²) in [7, 11) is 0. The zero-order valence-corrected chi connectivity index (χ0v) is 12.3. The Hall–Kier alpha value is -1.86. The van der Waals surface area contributed by atoms with E-state index in [9.17, 15) is 14.9 Å². The lowest BCUT2D eigenvalue weighted by atomic mass is 10.2. The van der Waals surface area contributed by atoms with Gasteiger partial charge in [-0.25, -0.2) is 0 Å². The van der Waals surface area contributed by atoms with Crippen molar-refractivity contribution in [3.8, 4) is 0 Å². The van der Waals surface area contributed by atoms with Crippen molar-refractivity contribution in [2.45, 2.75) is 18.9 Å². The molecule has 1 aliphatic heterocycles. The maximum absolute atomic E-state index is 11.7. The first-order valence-corrected chi connectivity index (χ1v) is 6.64. The van der Waals surface area contributed by atoms with Crippen LogP contribution in [0.3, 0.4) is 0 Å². The van der Waals surface area contributed by atoms with Crippen LogP contribution in [0.2, 0.25) is 0 Å². The van der Waals surface area contributed by atoms with Crippen molar-refractivity contribution >= 4 is 29.7 Å². The molecule has 21 heavy (non-hydrogen) atoms. The van der Waals surface area contributed by atoms with Gasteiger partial charge in [-0.2, -0.15) is 0 Å². The van der Waals surface area contributed by atoms with Crippen LogP contribution in [0, 0.1) is 10.1 Å². The number of nitro groups is 1. The molecule has 1 saturated heterocycles. The molecule has 116 valence electrons. The molecular weight excluding hydrogens is 296 g/mol. The predicted molar refractivity (Wildman–Crippen MR) is 82.9 cm³/mol. The van der Waals surface area contributed by atoms with Crippen molar-refractivity contribution in [1.82, 2.24) is 10.6 Å². The van der Waals surface area contributed by atoms with Crippen molar-refractivity contribution < 1.29 is 9.72 Å². The number of halogens is 1. The molecule has 1 aromatic rings. The smallest absolute Gasteiger partial charge is 0.292 e. The van der Waals surface area contributed by atoms with E-state index in [2.05, 4.69) is 16.0 Å². The number of hydrogen-bond donors (Lipinski definition) is 3. The first kappa shape index (κ1) is 17.2. The summed E-state index contributed by atoms with van der Waals surface area (Å²) in [6, 6.07) is 6.61. The molecule has 1 amide bonds. The van der Waals surface area contributed by atoms with Crippen LogP contribution in [0.15, 0.2) is 24.3 Å². The van der Waals surface area contributed by atoms with Crippen molar-refractivity contribution in [3.05, 3.63) is 34.4 Å². The van der Waals surface area contributed by atoms with E-state index in [1.54, 1.807) is 18.2 Å². The average Bonchev–Trinajstić information content (AvgIpc) is 2.92. The van der Waals surface area contributed by atoms with E-state index in [4.69, 9.17) is 0 Å². The number of anilines is 1. The van der Waals surface area contributed by atoms with E-state index in [0.29, 0.717) is 18.7 Å². The van der Waals surface area contributed by atoms with Crippen LogP contribution in [0.25, 0.3) is 0 Å². The third-order valence-electron chi connectivity index (χ3n) is 3.19. The van der Waals surface area contributed by atoms with Crippen LogP contribution in [-0.4, -0.2) is 36.5 Å². The number of carbonyl (C=O) groups is 1. The summed E-state index contributed by atoms with van der Waals surface area (Å²) in [5.41, 5.74) is 0.459. The molecule has 8 heteroatoms. The van der Waals surface area contributed by atoms with Crippen LogP contribution < -0.4 is 16.0 Å². The molecule has 0 saturated carbocycles. The molecule has 0 aromatic heterocycles. The molecule has 1 unspecified atom stereocenters. The Labute approximate surface area is 129 Å². The Kier molecular flexibility index (Phi) is 6.90. The van der Waals surface area contributed by atoms with Gasteiger partial charge in [0.25, 0.3) is 5.69 Å². The van der Waals surface area contributed by atoms with Gasteiger partial charge in [0, 0.05) is 31.6 Å². The highest BCUT2D eigenvalue weighted by molar-refractivity contribution is 5.85. The summed E-state index contributed by atoms with van der Waals surface area (Å²) in [5.74, 6) is -0.0372. The van der Waals surface area contributed by atoms with Gasteiger partial charge in [0.2, 0.25) is 5.91 Å². The number of benzene rings is 1. The summed E-state index contributed by atoms with van der Waals surface area (Å²) in [4.78, 5) is 22.1. The van der Waals surface area contributed by atoms with E-state index < -0.39 is 4.92 Å². The van der Waals surface area contributed by atoms with Gasteiger partial charge in [-0.05, 0) is 19.0 Å². The van der Waals surface area contributed by atoms with Gasteiger partial charge in [0.05, 0.1) is 4.92 Å². The fraction of sp³-hybridized carbons (Fsp3) is 0.462. The first-order chi connectivity index (χ1) is 9.66. The molecule has 7 nitrogen and oxygen atoms in total. The molecule has 2 rings (SSSR count). The maximum Gasteiger partial charge on any atom is 0.292 e. The number of hydrogen-bond acceptors (Lipinski definition) is 5. The lowest BCUT2D eigenvalue weighted by molar-refractivity contribution is -0.384. The molecule has 1 aliphatic rings. The zero-order valence-electron chi connectivity index (χ0n) is 11.5. The Bertz CT molecular complexity index is 492. The molecular formula is C13H19ClN4O3. The predicted octanol–water partition coefficient (Wildman–Crippen LogP) is 1.30. The van der Waals surface area contributed by atoms with Crippen LogP contribution in [-0.2, 0) is 4.79 Å². The summed E-state index contributed by atoms with van der Waals surface area (Å²) in [6.45, 7) is 2.11. The first-order valence-electron chi connectivity index (χ1n) is 6.64. The molecule has 1 fully saturated rings. The highest BCUT2D eigenvalue weighted by atomic mass is 35.5. The van der Waals surface area contributed by atoms with Gasteiger partial charge >= 0.3 is 0 Å². The summed E-state index contributed by atoms with van der Waals surface area (Å²) in [6.07, 6.45) is 1.24. The second-order valence-corrected chi connectivity index (χ2v) is 4.71. The lowest BCUT2D eigenvalue weighted by Gasteiger charge is -2.11. The average molecular weight is 315 g/mol. The van der Waals surface area contributed by atoms with Crippen molar-refractivity contribution in [3.63, 3.8) is 0 Å². The van der Waals surface area contributed by atoms with Crippen LogP contribution in [0.1, 0.15) is 12.8 Å². The Morgan fingerprint density at radius 3 is 2.86 bits per heavy atom. The molecule has 0 spiro atoms. The Morgan fingerprint density at radius 1 is 1.43 bits per heavy atom. The van der Waals surface area contributed by atoms with Crippen molar-refractivity contribution in [1.29, 1.82) is 0 Å². The van der Waals surface area contributed by atoms with Gasteiger partial charge in [-0.3, -0.25) is 14.9 Å². The highest BCUT2D eigenvalue weighted by Gasteiger charge is 2.16. The fourth-order valence-corrected chi connectivity index (χ4v) is 2.17. The fourth-order valence-electron chi connectivity index (χ4n) is 2.17. The number of rotatable bonds is 6. The summed E-state index contributed by atoms with van der Waals surface area (Å²) < 4.78 is 0. The number of nitrogens with one attached hydrogen (secondary N) is 3. The molecule has 1 atom stereocenters. The monoisotopic (exact) mass is 314 g/mol. The van der Waals surface area contributed by atoms with Gasteiger partial charge in [-0.1, -0.05) is 12.1 Å². The molecule has 1 heterocycles. The van der Waals surface area contributed by atoms with E-state index in [0.717, 1.165) is 19.5 Å². The topological polar surface area (TPSA) is 96.3 Å². The molecule has 0 radical (unpaired) electrons. The van der Waals surface area contributed by atoms with Gasteiger partial charge in [-0.15, -0.1) is 12.4 Å². The van der Waals surface area contributed by atoms with Crippen LogP contribution in [0.4, 0.5) is 11.4 Å². The number of para-hydroxylation sites is 2. The standard InChI is InChI=1S/C13H18N4O3.ClH/c18-13(16-10-5-7-14-9-10)6-8-15-11-3-1-2-4-12(11)17(19)20;/h1-4,10,14-15H,5-9H2,(H,16,18);1H. The third-order valence-corrected chi connectivity index (χ3v) is 3.19. The van der Waals surface area contributed by atoms with E-state index in [-0.39, 0.29) is 30.0 Å². The quantitative estimate of drug-likeness (QED) is 0.543. The Morgan fingerprint density at radius 2 is 2.19 bits per heavy atom. The van der Waals surface area contributed by atoms with Crippen LogP contribution >= 0.6 is 12.4 Å². The summed E-state index contributed by atoms with van der Waals surface area (Å²) >= 11 is 0. The third kappa shape index (κ3) is 5.20. The second kappa shape index (κ2) is 8.43. The summed E-state index contributed by atoms with van der Waals surface area (Å²) in [5, 5.41) is 19.9. The number of nitrogens with zero attached hydrogens (tertiary/aromatic N) is 1. The van der Waals surface area contributed by atoms with E-state index in [1.165, 1.54) is 6.07 Å². The minimum absolute atomic E-state index is 0. The minimum Gasteiger partial charge on any atom is -0.379 e.